The zero-order valence-electron chi connectivity index (χ0n) is 11.2. The predicted molar refractivity (Wildman–Crippen MR) is 78.8 cm³/mol. The summed E-state index contributed by atoms with van der Waals surface area (Å²) in [6.45, 7) is 1.80. The van der Waals surface area contributed by atoms with Crippen molar-refractivity contribution in [2.24, 2.45) is 0 Å². The number of phenols is 3. The molecule has 4 nitrogen and oxygen atoms in total. The quantitative estimate of drug-likeness (QED) is 0.551. The summed E-state index contributed by atoms with van der Waals surface area (Å²) < 4.78 is 0. The molecule has 0 saturated heterocycles. The first-order valence-corrected chi connectivity index (χ1v) is 5.88. The van der Waals surface area contributed by atoms with E-state index in [0.717, 1.165) is 6.29 Å². The van der Waals surface area contributed by atoms with Gasteiger partial charge in [0.25, 0.3) is 0 Å². The van der Waals surface area contributed by atoms with Crippen molar-refractivity contribution in [2.45, 2.75) is 6.92 Å². The maximum Gasteiger partial charge on any atom is 0.142 e. The van der Waals surface area contributed by atoms with Crippen LogP contribution in [-0.4, -0.2) is 21.6 Å². The number of hydrogen-bond acceptors (Lipinski definition) is 4. The third-order valence-electron chi connectivity index (χ3n) is 1.86. The summed E-state index contributed by atoms with van der Waals surface area (Å²) in [6.07, 6.45) is 3.88. The van der Waals surface area contributed by atoms with E-state index in [1.165, 1.54) is 24.3 Å². The van der Waals surface area contributed by atoms with Crippen molar-refractivity contribution in [3.8, 4) is 17.2 Å². The second-order valence-electron chi connectivity index (χ2n) is 3.52. The molecule has 0 spiro atoms. The van der Waals surface area contributed by atoms with Crippen LogP contribution in [0.5, 0.6) is 17.2 Å². The van der Waals surface area contributed by atoms with Gasteiger partial charge in [-0.25, -0.2) is 0 Å². The maximum absolute atomic E-state index is 9.32. The number of carbonyl (C=O) groups is 1. The molecule has 20 heavy (non-hydrogen) atoms. The largest absolute Gasteiger partial charge is 0.508 e. The van der Waals surface area contributed by atoms with Gasteiger partial charge in [-0.3, -0.25) is 4.79 Å². The SMILES string of the molecule is C/C=C/C=O.Oc1cccc(O)c1.Oc1ccccc1. The van der Waals surface area contributed by atoms with Gasteiger partial charge < -0.3 is 15.3 Å². The van der Waals surface area contributed by atoms with Gasteiger partial charge in [0, 0.05) is 6.07 Å². The topological polar surface area (TPSA) is 77.8 Å². The molecule has 0 aromatic heterocycles. The average Bonchev–Trinajstić information content (AvgIpc) is 2.41. The van der Waals surface area contributed by atoms with Crippen LogP contribution in [0.15, 0.2) is 66.7 Å². The second-order valence-corrected chi connectivity index (χ2v) is 3.52. The molecule has 0 atom stereocenters. The van der Waals surface area contributed by atoms with E-state index >= 15 is 0 Å². The minimum absolute atomic E-state index is 0.0880. The lowest BCUT2D eigenvalue weighted by molar-refractivity contribution is -0.104. The summed E-state index contributed by atoms with van der Waals surface area (Å²) >= 11 is 0. The van der Waals surface area contributed by atoms with Gasteiger partial charge in [-0.1, -0.05) is 30.3 Å². The first kappa shape index (κ1) is 17.2. The highest BCUT2D eigenvalue weighted by Gasteiger charge is 1.85. The van der Waals surface area contributed by atoms with Gasteiger partial charge >= 0.3 is 0 Å². The zero-order valence-corrected chi connectivity index (χ0v) is 11.2. The Morgan fingerprint density at radius 2 is 1.30 bits per heavy atom. The van der Waals surface area contributed by atoms with Crippen LogP contribution in [0.3, 0.4) is 0 Å². The predicted octanol–water partition coefficient (Wildman–Crippen LogP) is 3.25. The van der Waals surface area contributed by atoms with E-state index in [0.29, 0.717) is 5.75 Å². The van der Waals surface area contributed by atoms with E-state index in [1.807, 2.05) is 6.07 Å². The molecule has 0 saturated carbocycles. The molecule has 0 aliphatic heterocycles. The number of benzene rings is 2. The standard InChI is InChI=1S/C6H6O2.C6H6O.C4H6O/c7-5-2-1-3-6(8)4-5;7-6-4-2-1-3-5-6;1-2-3-4-5/h1-4,7-8H;1-5,7H;2-4H,1H3/b;;3-2+. The van der Waals surface area contributed by atoms with Crippen LogP contribution < -0.4 is 0 Å². The molecule has 2 aromatic rings. The highest BCUT2D eigenvalue weighted by molar-refractivity contribution is 5.64. The summed E-state index contributed by atoms with van der Waals surface area (Å²) in [6, 6.07) is 14.6. The van der Waals surface area contributed by atoms with Crippen molar-refractivity contribution >= 4 is 6.29 Å². The molecule has 3 N–H and O–H groups in total. The van der Waals surface area contributed by atoms with Gasteiger partial charge in [-0.05, 0) is 37.3 Å². The smallest absolute Gasteiger partial charge is 0.142 e. The van der Waals surface area contributed by atoms with Gasteiger partial charge in [0.05, 0.1) is 0 Å². The van der Waals surface area contributed by atoms with Crippen molar-refractivity contribution in [1.82, 2.24) is 0 Å². The highest BCUT2D eigenvalue weighted by atomic mass is 16.3. The molecule has 4 heteroatoms. The number of rotatable bonds is 1. The summed E-state index contributed by atoms with van der Waals surface area (Å²) in [5.41, 5.74) is 0. The molecular weight excluding hydrogens is 256 g/mol. The molecule has 0 amide bonds. The number of phenolic OH excluding ortho intramolecular Hbond substituents is 3. The van der Waals surface area contributed by atoms with Crippen molar-refractivity contribution in [3.63, 3.8) is 0 Å². The zero-order chi connectivity index (χ0) is 15.2. The van der Waals surface area contributed by atoms with Gasteiger partial charge in [-0.2, -0.15) is 0 Å². The number of hydrogen-bond donors (Lipinski definition) is 3. The molecule has 0 bridgehead atoms. The van der Waals surface area contributed by atoms with Crippen LogP contribution in [-0.2, 0) is 4.79 Å². The second kappa shape index (κ2) is 11.3. The Morgan fingerprint density at radius 3 is 1.50 bits per heavy atom. The highest BCUT2D eigenvalue weighted by Crippen LogP contribution is 2.14. The third kappa shape index (κ3) is 10.4. The van der Waals surface area contributed by atoms with Crippen molar-refractivity contribution in [2.75, 3.05) is 0 Å². The van der Waals surface area contributed by atoms with E-state index in [2.05, 4.69) is 0 Å². The van der Waals surface area contributed by atoms with E-state index in [9.17, 15) is 4.79 Å². The molecule has 0 heterocycles. The lowest BCUT2D eigenvalue weighted by Crippen LogP contribution is -1.61. The van der Waals surface area contributed by atoms with Crippen LogP contribution in [0.1, 0.15) is 6.92 Å². The fourth-order valence-electron chi connectivity index (χ4n) is 1.000. The van der Waals surface area contributed by atoms with Gasteiger partial charge in [0.15, 0.2) is 0 Å². The van der Waals surface area contributed by atoms with E-state index in [-0.39, 0.29) is 11.5 Å². The van der Waals surface area contributed by atoms with Crippen LogP contribution >= 0.6 is 0 Å². The van der Waals surface area contributed by atoms with Crippen LogP contribution in [0.4, 0.5) is 0 Å². The summed E-state index contributed by atoms with van der Waals surface area (Å²) in [5.74, 6) is 0.498. The Bertz CT molecular complexity index is 490. The van der Waals surface area contributed by atoms with Crippen molar-refractivity contribution in [3.05, 3.63) is 66.7 Å². The Balaban J connectivity index is 0.000000280. The molecule has 106 valence electrons. The minimum atomic E-state index is 0.0880. The fourth-order valence-corrected chi connectivity index (χ4v) is 1.000. The van der Waals surface area contributed by atoms with E-state index < -0.39 is 0 Å². The normalized spacial score (nSPS) is 8.85. The summed E-state index contributed by atoms with van der Waals surface area (Å²) in [5, 5.41) is 25.9. The first-order valence-electron chi connectivity index (χ1n) is 5.88. The molecule has 0 fully saturated rings. The van der Waals surface area contributed by atoms with Crippen LogP contribution in [0.2, 0.25) is 0 Å². The van der Waals surface area contributed by atoms with Gasteiger partial charge in [0.2, 0.25) is 0 Å². The monoisotopic (exact) mass is 274 g/mol. The molecule has 0 radical (unpaired) electrons. The average molecular weight is 274 g/mol. The van der Waals surface area contributed by atoms with Gasteiger partial charge in [0.1, 0.15) is 23.5 Å². The Kier molecular flexibility index (Phi) is 9.79. The van der Waals surface area contributed by atoms with Gasteiger partial charge in [-0.15, -0.1) is 0 Å². The van der Waals surface area contributed by atoms with Crippen molar-refractivity contribution < 1.29 is 20.1 Å². The molecule has 0 unspecified atom stereocenters. The lowest BCUT2D eigenvalue weighted by Gasteiger charge is -1.89. The molecule has 0 aliphatic rings. The van der Waals surface area contributed by atoms with E-state index in [4.69, 9.17) is 15.3 Å². The summed E-state index contributed by atoms with van der Waals surface area (Å²) in [7, 11) is 0. The molecular formula is C16H18O4. The fraction of sp³-hybridized carbons (Fsp3) is 0.0625. The Morgan fingerprint density at radius 1 is 0.800 bits per heavy atom. The Hall–Kier alpha value is -2.75. The molecule has 2 aromatic carbocycles. The molecule has 0 aliphatic carbocycles. The number of aldehydes is 1. The lowest BCUT2D eigenvalue weighted by atomic mass is 10.3. The van der Waals surface area contributed by atoms with E-state index in [1.54, 1.807) is 43.3 Å². The molecule has 2 rings (SSSR count). The Labute approximate surface area is 118 Å². The van der Waals surface area contributed by atoms with Crippen LogP contribution in [0.25, 0.3) is 0 Å². The number of aromatic hydroxyl groups is 3. The van der Waals surface area contributed by atoms with Crippen LogP contribution in [0, 0.1) is 0 Å². The minimum Gasteiger partial charge on any atom is -0.508 e. The maximum atomic E-state index is 9.32. The number of para-hydroxylation sites is 1. The third-order valence-corrected chi connectivity index (χ3v) is 1.86. The number of allylic oxidation sites excluding steroid dienone is 2. The van der Waals surface area contributed by atoms with Crippen molar-refractivity contribution in [1.29, 1.82) is 0 Å². The first-order chi connectivity index (χ1) is 9.60. The number of carbonyl (C=O) groups excluding carboxylic acids is 1. The summed E-state index contributed by atoms with van der Waals surface area (Å²) in [4.78, 5) is 9.32.